The largest absolute Gasteiger partial charge is 0.310 e. The summed E-state index contributed by atoms with van der Waals surface area (Å²) in [5, 5.41) is 7.06. The van der Waals surface area contributed by atoms with Crippen molar-refractivity contribution in [2.24, 2.45) is 0 Å². The Hall–Kier alpha value is -0.540. The Morgan fingerprint density at radius 1 is 1.28 bits per heavy atom. The third-order valence-corrected chi connectivity index (χ3v) is 4.34. The molecule has 96 valence electrons. The molecule has 0 aliphatic carbocycles. The van der Waals surface area contributed by atoms with Crippen LogP contribution in [-0.2, 0) is 6.42 Å². The summed E-state index contributed by atoms with van der Waals surface area (Å²) in [7, 11) is 0. The van der Waals surface area contributed by atoms with Crippen molar-refractivity contribution in [3.8, 4) is 0 Å². The number of rotatable bonds is 5. The standard InChI is InChI=1S/C14H15Cl2NS/c1-10(13-9-11(15)4-5-14(13)16)17-7-6-12-3-2-8-18-12/h2-5,8-10,17H,6-7H2,1H3. The van der Waals surface area contributed by atoms with Gasteiger partial charge >= 0.3 is 0 Å². The van der Waals surface area contributed by atoms with E-state index in [1.807, 2.05) is 18.2 Å². The predicted molar refractivity (Wildman–Crippen MR) is 80.9 cm³/mol. The van der Waals surface area contributed by atoms with Crippen LogP contribution in [0.25, 0.3) is 0 Å². The molecule has 1 aromatic carbocycles. The molecule has 1 unspecified atom stereocenters. The van der Waals surface area contributed by atoms with Crippen LogP contribution >= 0.6 is 34.5 Å². The van der Waals surface area contributed by atoms with E-state index in [2.05, 4.69) is 29.8 Å². The second kappa shape index (κ2) is 6.58. The van der Waals surface area contributed by atoms with Crippen LogP contribution in [0, 0.1) is 0 Å². The van der Waals surface area contributed by atoms with Gasteiger partial charge in [0.1, 0.15) is 0 Å². The molecule has 4 heteroatoms. The van der Waals surface area contributed by atoms with Gasteiger partial charge in [0.25, 0.3) is 0 Å². The average molecular weight is 300 g/mol. The zero-order valence-corrected chi connectivity index (χ0v) is 12.4. The van der Waals surface area contributed by atoms with Crippen molar-refractivity contribution in [1.29, 1.82) is 0 Å². The highest BCUT2D eigenvalue weighted by molar-refractivity contribution is 7.09. The molecule has 2 aromatic rings. The second-order valence-electron chi connectivity index (χ2n) is 4.17. The third-order valence-electron chi connectivity index (χ3n) is 2.83. The first kappa shape index (κ1) is 13.9. The molecule has 18 heavy (non-hydrogen) atoms. The summed E-state index contributed by atoms with van der Waals surface area (Å²) in [5.41, 5.74) is 1.05. The molecule has 0 saturated heterocycles. The Bertz CT molecular complexity index is 497. The Balaban J connectivity index is 1.91. The topological polar surface area (TPSA) is 12.0 Å². The summed E-state index contributed by atoms with van der Waals surface area (Å²) >= 11 is 14.0. The maximum Gasteiger partial charge on any atom is 0.0454 e. The first-order valence-electron chi connectivity index (χ1n) is 5.87. The quantitative estimate of drug-likeness (QED) is 0.824. The Kier molecular flexibility index (Phi) is 5.07. The van der Waals surface area contributed by atoms with Crippen LogP contribution in [0.4, 0.5) is 0 Å². The van der Waals surface area contributed by atoms with E-state index in [0.717, 1.165) is 28.6 Å². The summed E-state index contributed by atoms with van der Waals surface area (Å²) in [6.07, 6.45) is 1.04. The van der Waals surface area contributed by atoms with E-state index < -0.39 is 0 Å². The van der Waals surface area contributed by atoms with Gasteiger partial charge in [0.15, 0.2) is 0 Å². The summed E-state index contributed by atoms with van der Waals surface area (Å²) in [5.74, 6) is 0. The van der Waals surface area contributed by atoms with Gasteiger partial charge in [0.05, 0.1) is 0 Å². The maximum atomic E-state index is 6.17. The van der Waals surface area contributed by atoms with Gasteiger partial charge in [0, 0.05) is 27.5 Å². The van der Waals surface area contributed by atoms with Gasteiger partial charge in [-0.1, -0.05) is 29.3 Å². The lowest BCUT2D eigenvalue weighted by Gasteiger charge is -2.15. The third kappa shape index (κ3) is 3.72. The second-order valence-corrected chi connectivity index (χ2v) is 6.05. The predicted octanol–water partition coefficient (Wildman–Crippen LogP) is 4.95. The molecule has 0 bridgehead atoms. The molecule has 1 heterocycles. The number of hydrogen-bond acceptors (Lipinski definition) is 2. The fourth-order valence-electron chi connectivity index (χ4n) is 1.82. The SMILES string of the molecule is CC(NCCc1cccs1)c1cc(Cl)ccc1Cl. The van der Waals surface area contributed by atoms with Crippen molar-refractivity contribution in [3.63, 3.8) is 0 Å². The number of benzene rings is 1. The summed E-state index contributed by atoms with van der Waals surface area (Å²) in [6, 6.07) is 10.0. The smallest absolute Gasteiger partial charge is 0.0454 e. The lowest BCUT2D eigenvalue weighted by Crippen LogP contribution is -2.21. The molecule has 0 amide bonds. The van der Waals surface area contributed by atoms with Crippen LogP contribution in [0.1, 0.15) is 23.4 Å². The number of halogens is 2. The lowest BCUT2D eigenvalue weighted by molar-refractivity contribution is 0.579. The normalized spacial score (nSPS) is 12.6. The Morgan fingerprint density at radius 2 is 2.11 bits per heavy atom. The van der Waals surface area contributed by atoms with Crippen molar-refractivity contribution >= 4 is 34.5 Å². The van der Waals surface area contributed by atoms with E-state index in [4.69, 9.17) is 23.2 Å². The minimum absolute atomic E-state index is 0.205. The van der Waals surface area contributed by atoms with Crippen LogP contribution in [0.15, 0.2) is 35.7 Å². The summed E-state index contributed by atoms with van der Waals surface area (Å²) in [4.78, 5) is 1.40. The molecular formula is C14H15Cl2NS. The minimum Gasteiger partial charge on any atom is -0.310 e. The van der Waals surface area contributed by atoms with E-state index in [1.54, 1.807) is 11.3 Å². The van der Waals surface area contributed by atoms with Crippen molar-refractivity contribution in [3.05, 3.63) is 56.2 Å². The zero-order valence-electron chi connectivity index (χ0n) is 10.1. The molecule has 0 fully saturated rings. The highest BCUT2D eigenvalue weighted by Crippen LogP contribution is 2.26. The molecular weight excluding hydrogens is 285 g/mol. The molecule has 1 N–H and O–H groups in total. The lowest BCUT2D eigenvalue weighted by atomic mass is 10.1. The molecule has 0 aliphatic rings. The van der Waals surface area contributed by atoms with E-state index in [-0.39, 0.29) is 6.04 Å². The highest BCUT2D eigenvalue weighted by atomic mass is 35.5. The number of nitrogens with one attached hydrogen (secondary N) is 1. The van der Waals surface area contributed by atoms with Crippen LogP contribution in [0.2, 0.25) is 10.0 Å². The molecule has 0 spiro atoms. The first-order chi connectivity index (χ1) is 8.66. The Labute approximate surface area is 122 Å². The number of thiophene rings is 1. The average Bonchev–Trinajstić information content (AvgIpc) is 2.85. The number of hydrogen-bond donors (Lipinski definition) is 1. The molecule has 1 atom stereocenters. The molecule has 2 rings (SSSR count). The van der Waals surface area contributed by atoms with Gasteiger partial charge in [-0.05, 0) is 48.6 Å². The van der Waals surface area contributed by atoms with E-state index in [0.29, 0.717) is 0 Å². The molecule has 1 nitrogen and oxygen atoms in total. The van der Waals surface area contributed by atoms with Crippen molar-refractivity contribution in [2.75, 3.05) is 6.54 Å². The van der Waals surface area contributed by atoms with Crippen molar-refractivity contribution < 1.29 is 0 Å². The summed E-state index contributed by atoms with van der Waals surface area (Å²) in [6.45, 7) is 3.04. The molecule has 0 aliphatic heterocycles. The molecule has 1 aromatic heterocycles. The maximum absolute atomic E-state index is 6.17. The monoisotopic (exact) mass is 299 g/mol. The fourth-order valence-corrected chi connectivity index (χ4v) is 2.99. The van der Waals surface area contributed by atoms with Gasteiger partial charge in [0.2, 0.25) is 0 Å². The first-order valence-corrected chi connectivity index (χ1v) is 7.51. The Morgan fingerprint density at radius 3 is 2.83 bits per heavy atom. The van der Waals surface area contributed by atoms with Gasteiger partial charge in [-0.2, -0.15) is 0 Å². The highest BCUT2D eigenvalue weighted by Gasteiger charge is 2.09. The van der Waals surface area contributed by atoms with Gasteiger partial charge in [-0.25, -0.2) is 0 Å². The van der Waals surface area contributed by atoms with Crippen LogP contribution in [-0.4, -0.2) is 6.54 Å². The fraction of sp³-hybridized carbons (Fsp3) is 0.286. The van der Waals surface area contributed by atoms with E-state index in [1.165, 1.54) is 4.88 Å². The molecule has 0 radical (unpaired) electrons. The van der Waals surface area contributed by atoms with Crippen LogP contribution in [0.3, 0.4) is 0 Å². The molecule has 0 saturated carbocycles. The zero-order chi connectivity index (χ0) is 13.0. The van der Waals surface area contributed by atoms with Crippen LogP contribution in [0.5, 0.6) is 0 Å². The van der Waals surface area contributed by atoms with Crippen molar-refractivity contribution in [2.45, 2.75) is 19.4 Å². The van der Waals surface area contributed by atoms with E-state index >= 15 is 0 Å². The summed E-state index contributed by atoms with van der Waals surface area (Å²) < 4.78 is 0. The van der Waals surface area contributed by atoms with Crippen LogP contribution < -0.4 is 5.32 Å². The van der Waals surface area contributed by atoms with Gasteiger partial charge in [-0.3, -0.25) is 0 Å². The minimum atomic E-state index is 0.205. The van der Waals surface area contributed by atoms with Gasteiger partial charge < -0.3 is 5.32 Å². The van der Waals surface area contributed by atoms with E-state index in [9.17, 15) is 0 Å². The van der Waals surface area contributed by atoms with Crippen molar-refractivity contribution in [1.82, 2.24) is 5.32 Å². The van der Waals surface area contributed by atoms with Gasteiger partial charge in [-0.15, -0.1) is 11.3 Å².